The zero-order chi connectivity index (χ0) is 16.2. The lowest BCUT2D eigenvalue weighted by Gasteiger charge is -2.33. The first kappa shape index (κ1) is 15.5. The van der Waals surface area contributed by atoms with Crippen LogP contribution in [0.3, 0.4) is 0 Å². The van der Waals surface area contributed by atoms with E-state index in [4.69, 9.17) is 4.52 Å². The molecular weight excluding hydrogens is 296 g/mol. The Balaban J connectivity index is 1.68. The zero-order valence-corrected chi connectivity index (χ0v) is 13.5. The molecule has 0 bridgehead atoms. The summed E-state index contributed by atoms with van der Waals surface area (Å²) in [5, 5.41) is 13.6. The second-order valence-corrected chi connectivity index (χ2v) is 6.09. The molecule has 1 saturated heterocycles. The molecule has 2 aromatic heterocycles. The fourth-order valence-electron chi connectivity index (χ4n) is 2.70. The number of aromatic amines is 1. The topological polar surface area (TPSA) is 99.9 Å². The molecule has 8 nitrogen and oxygen atoms in total. The SMILES string of the molecule is CC(C)c1noc([C@H]2CCCCN2C(=O)NCc2ccn[nH]2)n1. The van der Waals surface area contributed by atoms with E-state index in [1.54, 1.807) is 11.1 Å². The number of rotatable bonds is 4. The van der Waals surface area contributed by atoms with Crippen molar-refractivity contribution in [3.05, 3.63) is 29.7 Å². The Morgan fingerprint density at radius 1 is 1.52 bits per heavy atom. The van der Waals surface area contributed by atoms with E-state index in [2.05, 4.69) is 25.7 Å². The van der Waals surface area contributed by atoms with Crippen molar-refractivity contribution in [1.82, 2.24) is 30.6 Å². The van der Waals surface area contributed by atoms with Gasteiger partial charge in [0.2, 0.25) is 5.89 Å². The number of H-pyrrole nitrogens is 1. The highest BCUT2D eigenvalue weighted by molar-refractivity contribution is 5.74. The Bertz CT molecular complexity index is 636. The van der Waals surface area contributed by atoms with Crippen molar-refractivity contribution in [3.8, 4) is 0 Å². The highest BCUT2D eigenvalue weighted by Crippen LogP contribution is 2.30. The summed E-state index contributed by atoms with van der Waals surface area (Å²) in [4.78, 5) is 18.8. The summed E-state index contributed by atoms with van der Waals surface area (Å²) in [7, 11) is 0. The van der Waals surface area contributed by atoms with Gasteiger partial charge in [-0.25, -0.2) is 4.79 Å². The molecule has 1 aliphatic rings. The molecule has 2 N–H and O–H groups in total. The Kier molecular flexibility index (Phi) is 4.59. The lowest BCUT2D eigenvalue weighted by molar-refractivity contribution is 0.131. The largest absolute Gasteiger partial charge is 0.337 e. The summed E-state index contributed by atoms with van der Waals surface area (Å²) in [5.41, 5.74) is 0.867. The van der Waals surface area contributed by atoms with E-state index in [-0.39, 0.29) is 18.0 Å². The van der Waals surface area contributed by atoms with Gasteiger partial charge in [-0.2, -0.15) is 10.1 Å². The summed E-state index contributed by atoms with van der Waals surface area (Å²) in [5.74, 6) is 1.42. The van der Waals surface area contributed by atoms with Gasteiger partial charge in [-0.3, -0.25) is 5.10 Å². The van der Waals surface area contributed by atoms with E-state index < -0.39 is 0 Å². The standard InChI is InChI=1S/C15H22N6O2/c1-10(2)13-18-14(23-20-13)12-5-3-4-8-21(12)15(22)16-9-11-6-7-17-19-11/h6-7,10,12H,3-5,8-9H2,1-2H3,(H,16,22)(H,17,19)/t12-/m1/s1. The van der Waals surface area contributed by atoms with Crippen LogP contribution < -0.4 is 5.32 Å². The van der Waals surface area contributed by atoms with Crippen LogP contribution in [0.4, 0.5) is 4.79 Å². The Hall–Kier alpha value is -2.38. The number of amides is 2. The van der Waals surface area contributed by atoms with E-state index in [1.165, 1.54) is 0 Å². The van der Waals surface area contributed by atoms with Gasteiger partial charge < -0.3 is 14.7 Å². The number of hydrogen-bond donors (Lipinski definition) is 2. The summed E-state index contributed by atoms with van der Waals surface area (Å²) in [6.07, 6.45) is 4.54. The summed E-state index contributed by atoms with van der Waals surface area (Å²) in [6, 6.07) is 1.57. The number of hydrogen-bond acceptors (Lipinski definition) is 5. The summed E-state index contributed by atoms with van der Waals surface area (Å²) in [6.45, 7) is 5.15. The average molecular weight is 318 g/mol. The minimum Gasteiger partial charge on any atom is -0.337 e. The molecule has 0 radical (unpaired) electrons. The molecule has 8 heteroatoms. The first-order valence-corrected chi connectivity index (χ1v) is 8.01. The molecule has 0 aromatic carbocycles. The molecule has 2 aromatic rings. The second-order valence-electron chi connectivity index (χ2n) is 6.09. The Morgan fingerprint density at radius 3 is 3.09 bits per heavy atom. The van der Waals surface area contributed by atoms with Crippen molar-refractivity contribution in [2.75, 3.05) is 6.54 Å². The quantitative estimate of drug-likeness (QED) is 0.901. The first-order valence-electron chi connectivity index (χ1n) is 8.01. The number of aromatic nitrogens is 4. The number of piperidine rings is 1. The van der Waals surface area contributed by atoms with Gasteiger partial charge in [0.1, 0.15) is 6.04 Å². The molecule has 23 heavy (non-hydrogen) atoms. The fraction of sp³-hybridized carbons (Fsp3) is 0.600. The van der Waals surface area contributed by atoms with Crippen LogP contribution in [0.5, 0.6) is 0 Å². The molecule has 1 atom stereocenters. The molecule has 3 heterocycles. The fourth-order valence-corrected chi connectivity index (χ4v) is 2.70. The number of urea groups is 1. The highest BCUT2D eigenvalue weighted by Gasteiger charge is 2.32. The Morgan fingerprint density at radius 2 is 2.39 bits per heavy atom. The van der Waals surface area contributed by atoms with Gasteiger partial charge in [-0.1, -0.05) is 19.0 Å². The van der Waals surface area contributed by atoms with Gasteiger partial charge in [0.25, 0.3) is 0 Å². The van der Waals surface area contributed by atoms with Crippen LogP contribution in [0, 0.1) is 0 Å². The van der Waals surface area contributed by atoms with Crippen molar-refractivity contribution in [1.29, 1.82) is 0 Å². The van der Waals surface area contributed by atoms with Gasteiger partial charge in [0.15, 0.2) is 5.82 Å². The van der Waals surface area contributed by atoms with Crippen LogP contribution >= 0.6 is 0 Å². The van der Waals surface area contributed by atoms with Crippen LogP contribution in [0.15, 0.2) is 16.8 Å². The zero-order valence-electron chi connectivity index (χ0n) is 13.5. The first-order chi connectivity index (χ1) is 11.1. The molecule has 1 fully saturated rings. The molecule has 3 rings (SSSR count). The highest BCUT2D eigenvalue weighted by atomic mass is 16.5. The molecule has 124 valence electrons. The number of carbonyl (C=O) groups is 1. The van der Waals surface area contributed by atoms with Crippen LogP contribution in [-0.4, -0.2) is 37.8 Å². The minimum atomic E-state index is -0.148. The van der Waals surface area contributed by atoms with Crippen molar-refractivity contribution < 1.29 is 9.32 Å². The van der Waals surface area contributed by atoms with Gasteiger partial charge in [-0.15, -0.1) is 0 Å². The maximum Gasteiger partial charge on any atom is 0.318 e. The molecule has 1 aliphatic heterocycles. The second kappa shape index (κ2) is 6.80. The predicted octanol–water partition coefficient (Wildman–Crippen LogP) is 2.35. The normalized spacial score (nSPS) is 18.4. The molecule has 0 unspecified atom stereocenters. The summed E-state index contributed by atoms with van der Waals surface area (Å²) < 4.78 is 5.40. The van der Waals surface area contributed by atoms with Crippen LogP contribution in [-0.2, 0) is 6.54 Å². The number of carbonyl (C=O) groups excluding carboxylic acids is 1. The lowest BCUT2D eigenvalue weighted by atomic mass is 10.0. The van der Waals surface area contributed by atoms with Gasteiger partial charge in [0, 0.05) is 18.7 Å². The maximum atomic E-state index is 12.5. The van der Waals surface area contributed by atoms with Crippen molar-refractivity contribution in [2.24, 2.45) is 0 Å². The van der Waals surface area contributed by atoms with E-state index in [0.717, 1.165) is 25.0 Å². The van der Waals surface area contributed by atoms with Gasteiger partial charge in [-0.05, 0) is 25.3 Å². The van der Waals surface area contributed by atoms with Gasteiger partial charge >= 0.3 is 6.03 Å². The Labute approximate surface area is 134 Å². The van der Waals surface area contributed by atoms with Crippen molar-refractivity contribution in [3.63, 3.8) is 0 Å². The molecular formula is C15H22N6O2. The monoisotopic (exact) mass is 318 g/mol. The van der Waals surface area contributed by atoms with Crippen LogP contribution in [0.25, 0.3) is 0 Å². The number of nitrogens with zero attached hydrogens (tertiary/aromatic N) is 4. The van der Waals surface area contributed by atoms with Crippen LogP contribution in [0.1, 0.15) is 62.5 Å². The maximum absolute atomic E-state index is 12.5. The molecule has 0 spiro atoms. The molecule has 0 aliphatic carbocycles. The van der Waals surface area contributed by atoms with E-state index >= 15 is 0 Å². The lowest BCUT2D eigenvalue weighted by Crippen LogP contribution is -2.44. The summed E-state index contributed by atoms with van der Waals surface area (Å²) >= 11 is 0. The van der Waals surface area contributed by atoms with E-state index in [9.17, 15) is 4.79 Å². The third-order valence-electron chi connectivity index (χ3n) is 4.01. The number of likely N-dealkylation sites (tertiary alicyclic amines) is 1. The third-order valence-corrected chi connectivity index (χ3v) is 4.01. The number of nitrogens with one attached hydrogen (secondary N) is 2. The third kappa shape index (κ3) is 3.52. The van der Waals surface area contributed by atoms with Crippen molar-refractivity contribution in [2.45, 2.75) is 51.6 Å². The molecule has 2 amide bonds. The van der Waals surface area contributed by atoms with Crippen LogP contribution in [0.2, 0.25) is 0 Å². The predicted molar refractivity (Wildman–Crippen MR) is 82.5 cm³/mol. The average Bonchev–Trinajstić information content (AvgIpc) is 3.24. The smallest absolute Gasteiger partial charge is 0.318 e. The van der Waals surface area contributed by atoms with E-state index in [0.29, 0.717) is 24.8 Å². The van der Waals surface area contributed by atoms with E-state index in [1.807, 2.05) is 19.9 Å². The minimum absolute atomic E-state index is 0.117. The van der Waals surface area contributed by atoms with Crippen molar-refractivity contribution >= 4 is 6.03 Å². The molecule has 0 saturated carbocycles. The van der Waals surface area contributed by atoms with Gasteiger partial charge in [0.05, 0.1) is 12.2 Å².